The van der Waals surface area contributed by atoms with Gasteiger partial charge in [-0.25, -0.2) is 0 Å². The zero-order valence-corrected chi connectivity index (χ0v) is 12.8. The van der Waals surface area contributed by atoms with Gasteiger partial charge in [-0.05, 0) is 32.0 Å². The molecule has 1 N–H and O–H groups in total. The smallest absolute Gasteiger partial charge is 0.0726 e. The fourth-order valence-corrected chi connectivity index (χ4v) is 2.80. The summed E-state index contributed by atoms with van der Waals surface area (Å²) in [5.41, 5.74) is 3.46. The van der Waals surface area contributed by atoms with Crippen LogP contribution in [0.15, 0.2) is 30.3 Å². The maximum absolute atomic E-state index is 5.29. The minimum Gasteiger partial charge on any atom is -0.383 e. The van der Waals surface area contributed by atoms with Crippen LogP contribution in [0.25, 0.3) is 10.9 Å². The molecule has 2 aromatic rings. The molecule has 4 heteroatoms. The van der Waals surface area contributed by atoms with Crippen LogP contribution in [0.1, 0.15) is 18.5 Å². The third-order valence-corrected chi connectivity index (χ3v) is 3.94. The van der Waals surface area contributed by atoms with E-state index in [-0.39, 0.29) is 0 Å². The number of nitrogens with one attached hydrogen (secondary N) is 1. The molecule has 0 amide bonds. The van der Waals surface area contributed by atoms with E-state index in [2.05, 4.69) is 40.5 Å². The molecule has 1 aliphatic rings. The lowest BCUT2D eigenvalue weighted by Gasteiger charge is -2.26. The van der Waals surface area contributed by atoms with E-state index in [9.17, 15) is 0 Å². The first-order chi connectivity index (χ1) is 10.3. The van der Waals surface area contributed by atoms with Crippen molar-refractivity contribution in [1.29, 1.82) is 0 Å². The third kappa shape index (κ3) is 3.17. The number of hydrogen-bond donors (Lipinski definition) is 1. The fourth-order valence-electron chi connectivity index (χ4n) is 2.80. The Balaban J connectivity index is 2.04. The van der Waals surface area contributed by atoms with Gasteiger partial charge < -0.3 is 15.0 Å². The summed E-state index contributed by atoms with van der Waals surface area (Å²) in [5.74, 6) is 0. The Kier molecular flexibility index (Phi) is 4.36. The Bertz CT molecular complexity index is 610. The molecule has 0 atom stereocenters. The molecule has 3 rings (SSSR count). The molecule has 1 aromatic heterocycles. The van der Waals surface area contributed by atoms with Crippen molar-refractivity contribution < 1.29 is 4.74 Å². The van der Waals surface area contributed by atoms with E-state index < -0.39 is 0 Å². The molecule has 0 unspecified atom stereocenters. The molecule has 0 saturated heterocycles. The minimum absolute atomic E-state index is 0.661. The second-order valence-electron chi connectivity index (χ2n) is 5.60. The zero-order chi connectivity index (χ0) is 14.7. The normalized spacial score (nSPS) is 14.6. The van der Waals surface area contributed by atoms with Gasteiger partial charge in [-0.15, -0.1) is 0 Å². The third-order valence-electron chi connectivity index (χ3n) is 3.94. The van der Waals surface area contributed by atoms with E-state index in [0.29, 0.717) is 6.04 Å². The van der Waals surface area contributed by atoms with Crippen molar-refractivity contribution in [3.8, 4) is 0 Å². The lowest BCUT2D eigenvalue weighted by Crippen LogP contribution is -2.30. The summed E-state index contributed by atoms with van der Waals surface area (Å²) < 4.78 is 5.29. The molecule has 1 aliphatic carbocycles. The number of nitrogens with zero attached hydrogens (tertiary/aromatic N) is 2. The monoisotopic (exact) mass is 285 g/mol. The van der Waals surface area contributed by atoms with Gasteiger partial charge in [-0.3, -0.25) is 4.98 Å². The Labute approximate surface area is 126 Å². The van der Waals surface area contributed by atoms with Crippen LogP contribution < -0.4 is 10.2 Å². The van der Waals surface area contributed by atoms with Gasteiger partial charge in [0.2, 0.25) is 0 Å². The first-order valence-electron chi connectivity index (χ1n) is 7.62. The van der Waals surface area contributed by atoms with Crippen molar-refractivity contribution in [2.24, 2.45) is 0 Å². The van der Waals surface area contributed by atoms with Crippen LogP contribution in [0.4, 0.5) is 5.69 Å². The molecular weight excluding hydrogens is 262 g/mol. The number of benzene rings is 1. The van der Waals surface area contributed by atoms with Gasteiger partial charge in [-0.2, -0.15) is 0 Å². The van der Waals surface area contributed by atoms with Crippen LogP contribution in [0.3, 0.4) is 0 Å². The summed E-state index contributed by atoms with van der Waals surface area (Å²) in [6.07, 6.45) is 2.56. The molecule has 1 fully saturated rings. The SMILES string of the molecule is CNCc1cc(N(CCOC)C2CC2)c2ccccc2n1. The molecule has 1 heterocycles. The Hall–Kier alpha value is -1.65. The first kappa shape index (κ1) is 14.3. The van der Waals surface area contributed by atoms with Gasteiger partial charge in [-0.1, -0.05) is 18.2 Å². The summed E-state index contributed by atoms with van der Waals surface area (Å²) >= 11 is 0. The van der Waals surface area contributed by atoms with Crippen LogP contribution in [-0.4, -0.2) is 38.3 Å². The van der Waals surface area contributed by atoms with Gasteiger partial charge >= 0.3 is 0 Å². The molecule has 4 nitrogen and oxygen atoms in total. The number of rotatable bonds is 7. The fraction of sp³-hybridized carbons (Fsp3) is 0.471. The number of ether oxygens (including phenoxy) is 1. The standard InChI is InChI=1S/C17H23N3O/c1-18-12-13-11-17(15-5-3-4-6-16(15)19-13)20(9-10-21-2)14-7-8-14/h3-6,11,14,18H,7-10,12H2,1-2H3. The Morgan fingerprint density at radius 2 is 2.14 bits per heavy atom. The van der Waals surface area contributed by atoms with Gasteiger partial charge in [0.15, 0.2) is 0 Å². The van der Waals surface area contributed by atoms with Crippen LogP contribution in [0.5, 0.6) is 0 Å². The van der Waals surface area contributed by atoms with Crippen molar-refractivity contribution >= 4 is 16.6 Å². The molecule has 1 aromatic carbocycles. The number of para-hydroxylation sites is 1. The van der Waals surface area contributed by atoms with Gasteiger partial charge in [0, 0.05) is 37.3 Å². The van der Waals surface area contributed by atoms with E-state index in [1.54, 1.807) is 7.11 Å². The van der Waals surface area contributed by atoms with Gasteiger partial charge in [0.25, 0.3) is 0 Å². The van der Waals surface area contributed by atoms with Crippen molar-refractivity contribution in [2.75, 3.05) is 32.2 Å². The molecule has 0 radical (unpaired) electrons. The maximum Gasteiger partial charge on any atom is 0.0726 e. The highest BCUT2D eigenvalue weighted by atomic mass is 16.5. The van der Waals surface area contributed by atoms with E-state index in [0.717, 1.165) is 30.9 Å². The molecule has 0 aliphatic heterocycles. The molecular formula is C17H23N3O. The first-order valence-corrected chi connectivity index (χ1v) is 7.62. The summed E-state index contributed by atoms with van der Waals surface area (Å²) in [6, 6.07) is 11.3. The van der Waals surface area contributed by atoms with Gasteiger partial charge in [0.05, 0.1) is 17.8 Å². The highest BCUT2D eigenvalue weighted by Crippen LogP contribution is 2.35. The summed E-state index contributed by atoms with van der Waals surface area (Å²) in [5, 5.41) is 4.43. The number of fused-ring (bicyclic) bond motifs is 1. The molecule has 1 saturated carbocycles. The second-order valence-corrected chi connectivity index (χ2v) is 5.60. The average molecular weight is 285 g/mol. The van der Waals surface area contributed by atoms with E-state index >= 15 is 0 Å². The number of anilines is 1. The van der Waals surface area contributed by atoms with Crippen molar-refractivity contribution in [2.45, 2.75) is 25.4 Å². The quantitative estimate of drug-likeness (QED) is 0.848. The predicted molar refractivity (Wildman–Crippen MR) is 86.8 cm³/mol. The zero-order valence-electron chi connectivity index (χ0n) is 12.8. The topological polar surface area (TPSA) is 37.4 Å². The molecule has 0 bridgehead atoms. The van der Waals surface area contributed by atoms with E-state index in [4.69, 9.17) is 9.72 Å². The van der Waals surface area contributed by atoms with Crippen LogP contribution in [0.2, 0.25) is 0 Å². The van der Waals surface area contributed by atoms with Crippen molar-refractivity contribution in [1.82, 2.24) is 10.3 Å². The number of pyridine rings is 1. The Morgan fingerprint density at radius 1 is 1.33 bits per heavy atom. The molecule has 112 valence electrons. The predicted octanol–water partition coefficient (Wildman–Crippen LogP) is 2.57. The van der Waals surface area contributed by atoms with E-state index in [1.807, 2.05) is 7.05 Å². The van der Waals surface area contributed by atoms with Crippen molar-refractivity contribution in [3.05, 3.63) is 36.0 Å². The summed E-state index contributed by atoms with van der Waals surface area (Å²) in [4.78, 5) is 7.24. The van der Waals surface area contributed by atoms with Crippen molar-refractivity contribution in [3.63, 3.8) is 0 Å². The van der Waals surface area contributed by atoms with Gasteiger partial charge in [0.1, 0.15) is 0 Å². The summed E-state index contributed by atoms with van der Waals surface area (Å²) in [6.45, 7) is 2.49. The molecule has 21 heavy (non-hydrogen) atoms. The van der Waals surface area contributed by atoms with E-state index in [1.165, 1.54) is 23.9 Å². The Morgan fingerprint density at radius 3 is 2.86 bits per heavy atom. The van der Waals surface area contributed by atoms with Crippen LogP contribution >= 0.6 is 0 Å². The number of hydrogen-bond acceptors (Lipinski definition) is 4. The molecule has 0 spiro atoms. The largest absolute Gasteiger partial charge is 0.383 e. The summed E-state index contributed by atoms with van der Waals surface area (Å²) in [7, 11) is 3.72. The maximum atomic E-state index is 5.29. The average Bonchev–Trinajstić information content (AvgIpc) is 3.33. The second kappa shape index (κ2) is 6.41. The lowest BCUT2D eigenvalue weighted by atomic mass is 10.1. The highest BCUT2D eigenvalue weighted by molar-refractivity contribution is 5.92. The lowest BCUT2D eigenvalue weighted by molar-refractivity contribution is 0.205. The number of methoxy groups -OCH3 is 1. The van der Waals surface area contributed by atoms with Crippen LogP contribution in [-0.2, 0) is 11.3 Å². The minimum atomic E-state index is 0.661. The highest BCUT2D eigenvalue weighted by Gasteiger charge is 2.30. The van der Waals surface area contributed by atoms with Crippen LogP contribution in [0, 0.1) is 0 Å². The number of aromatic nitrogens is 1.